The summed E-state index contributed by atoms with van der Waals surface area (Å²) < 4.78 is 26.1. The minimum atomic E-state index is -3.52. The van der Waals surface area contributed by atoms with E-state index in [-0.39, 0.29) is 24.9 Å². The molecule has 126 valence electrons. The van der Waals surface area contributed by atoms with Crippen molar-refractivity contribution in [3.63, 3.8) is 0 Å². The Labute approximate surface area is 138 Å². The van der Waals surface area contributed by atoms with Gasteiger partial charge in [0.15, 0.2) is 0 Å². The van der Waals surface area contributed by atoms with Gasteiger partial charge in [-0.25, -0.2) is 13.1 Å². The summed E-state index contributed by atoms with van der Waals surface area (Å²) >= 11 is 0. The molecule has 0 unspecified atom stereocenters. The fourth-order valence-electron chi connectivity index (χ4n) is 2.63. The zero-order valence-electron chi connectivity index (χ0n) is 13.2. The zero-order valence-corrected chi connectivity index (χ0v) is 14.0. The van der Waals surface area contributed by atoms with E-state index in [1.807, 2.05) is 30.3 Å². The normalized spacial score (nSPS) is 16.5. The maximum atomic E-state index is 11.8. The highest BCUT2D eigenvalue weighted by molar-refractivity contribution is 7.92. The average molecular weight is 336 g/mol. The molecule has 1 amide bonds. The van der Waals surface area contributed by atoms with Crippen LogP contribution in [0.5, 0.6) is 0 Å². The van der Waals surface area contributed by atoms with E-state index in [0.717, 1.165) is 36.7 Å². The van der Waals surface area contributed by atoms with Crippen LogP contribution in [0.25, 0.3) is 6.08 Å². The van der Waals surface area contributed by atoms with Crippen molar-refractivity contribution in [3.8, 4) is 0 Å². The van der Waals surface area contributed by atoms with Gasteiger partial charge in [0.2, 0.25) is 15.9 Å². The smallest absolute Gasteiger partial charge is 0.233 e. The summed E-state index contributed by atoms with van der Waals surface area (Å²) in [6, 6.07) is 9.46. The molecule has 23 heavy (non-hydrogen) atoms. The highest BCUT2D eigenvalue weighted by atomic mass is 32.2. The zero-order chi connectivity index (χ0) is 16.5. The third-order valence-corrected chi connectivity index (χ3v) is 4.97. The lowest BCUT2D eigenvalue weighted by molar-refractivity contribution is -0.121. The van der Waals surface area contributed by atoms with Crippen molar-refractivity contribution in [2.45, 2.75) is 44.6 Å². The van der Waals surface area contributed by atoms with Gasteiger partial charge in [0.1, 0.15) is 0 Å². The van der Waals surface area contributed by atoms with Crippen molar-refractivity contribution in [3.05, 3.63) is 41.3 Å². The van der Waals surface area contributed by atoms with Gasteiger partial charge in [-0.2, -0.15) is 0 Å². The molecule has 1 saturated carbocycles. The quantitative estimate of drug-likeness (QED) is 0.803. The number of hydrogen-bond acceptors (Lipinski definition) is 3. The third-order valence-electron chi connectivity index (χ3n) is 3.86. The Morgan fingerprint density at radius 1 is 1.13 bits per heavy atom. The maximum absolute atomic E-state index is 11.8. The van der Waals surface area contributed by atoms with Crippen LogP contribution in [0.2, 0.25) is 0 Å². The molecule has 2 N–H and O–H groups in total. The molecule has 1 fully saturated rings. The summed E-state index contributed by atoms with van der Waals surface area (Å²) in [5.74, 6) is -0.0911. The number of amides is 1. The van der Waals surface area contributed by atoms with Gasteiger partial charge < -0.3 is 5.32 Å². The van der Waals surface area contributed by atoms with Crippen LogP contribution in [0.3, 0.4) is 0 Å². The Morgan fingerprint density at radius 3 is 2.52 bits per heavy atom. The molecule has 5 nitrogen and oxygen atoms in total. The van der Waals surface area contributed by atoms with E-state index < -0.39 is 10.0 Å². The lowest BCUT2D eigenvalue weighted by Crippen LogP contribution is -2.37. The molecule has 0 atom stereocenters. The summed E-state index contributed by atoms with van der Waals surface area (Å²) in [7, 11) is -3.52. The van der Waals surface area contributed by atoms with Gasteiger partial charge in [0, 0.05) is 24.4 Å². The summed E-state index contributed by atoms with van der Waals surface area (Å²) in [4.78, 5) is 11.8. The minimum Gasteiger partial charge on any atom is -0.353 e. The molecule has 0 spiro atoms. The van der Waals surface area contributed by atoms with E-state index in [9.17, 15) is 13.2 Å². The largest absolute Gasteiger partial charge is 0.353 e. The van der Waals surface area contributed by atoms with Crippen molar-refractivity contribution in [2.24, 2.45) is 0 Å². The Morgan fingerprint density at radius 2 is 1.83 bits per heavy atom. The van der Waals surface area contributed by atoms with Crippen LogP contribution in [-0.4, -0.2) is 26.9 Å². The molecular formula is C17H24N2O3S. The van der Waals surface area contributed by atoms with Gasteiger partial charge in [-0.15, -0.1) is 0 Å². The van der Waals surface area contributed by atoms with Gasteiger partial charge >= 0.3 is 0 Å². The maximum Gasteiger partial charge on any atom is 0.233 e. The second-order valence-corrected chi connectivity index (χ2v) is 7.46. The van der Waals surface area contributed by atoms with Crippen LogP contribution in [-0.2, 0) is 14.8 Å². The van der Waals surface area contributed by atoms with E-state index in [1.54, 1.807) is 0 Å². The van der Waals surface area contributed by atoms with Crippen molar-refractivity contribution in [1.82, 2.24) is 10.0 Å². The molecular weight excluding hydrogens is 312 g/mol. The van der Waals surface area contributed by atoms with Crippen LogP contribution in [0, 0.1) is 0 Å². The Kier molecular flexibility index (Phi) is 6.80. The predicted octanol–water partition coefficient (Wildman–Crippen LogP) is 2.42. The van der Waals surface area contributed by atoms with E-state index in [4.69, 9.17) is 0 Å². The minimum absolute atomic E-state index is 0.0911. The molecule has 1 aromatic carbocycles. The van der Waals surface area contributed by atoms with Gasteiger partial charge in [0.05, 0.1) is 0 Å². The van der Waals surface area contributed by atoms with E-state index in [0.29, 0.717) is 0 Å². The van der Waals surface area contributed by atoms with Gasteiger partial charge in [0.25, 0.3) is 0 Å². The topological polar surface area (TPSA) is 75.3 Å². The molecule has 0 heterocycles. The number of benzene rings is 1. The first-order valence-corrected chi connectivity index (χ1v) is 9.62. The predicted molar refractivity (Wildman–Crippen MR) is 92.0 cm³/mol. The molecule has 1 aliphatic rings. The SMILES string of the molecule is O=C(CCNS(=O)(=O)/C=C/c1ccccc1)NC1CCCCC1. The van der Waals surface area contributed by atoms with Crippen LogP contribution in [0.1, 0.15) is 44.1 Å². The molecule has 2 rings (SSSR count). The van der Waals surface area contributed by atoms with Crippen LogP contribution in [0.15, 0.2) is 35.7 Å². The number of carbonyl (C=O) groups excluding carboxylic acids is 1. The molecule has 1 aliphatic carbocycles. The van der Waals surface area contributed by atoms with Crippen LogP contribution in [0.4, 0.5) is 0 Å². The molecule has 0 bridgehead atoms. The van der Waals surface area contributed by atoms with Crippen molar-refractivity contribution in [2.75, 3.05) is 6.54 Å². The lowest BCUT2D eigenvalue weighted by atomic mass is 9.95. The summed E-state index contributed by atoms with van der Waals surface area (Å²) in [6.07, 6.45) is 7.29. The fraction of sp³-hybridized carbons (Fsp3) is 0.471. The van der Waals surface area contributed by atoms with Gasteiger partial charge in [-0.3, -0.25) is 4.79 Å². The van der Waals surface area contributed by atoms with Crippen molar-refractivity contribution < 1.29 is 13.2 Å². The Hall–Kier alpha value is -1.66. The lowest BCUT2D eigenvalue weighted by Gasteiger charge is -2.22. The summed E-state index contributed by atoms with van der Waals surface area (Å²) in [6.45, 7) is 0.111. The van der Waals surface area contributed by atoms with E-state index in [2.05, 4.69) is 10.0 Å². The summed E-state index contributed by atoms with van der Waals surface area (Å²) in [5, 5.41) is 4.10. The van der Waals surface area contributed by atoms with Crippen LogP contribution < -0.4 is 10.0 Å². The van der Waals surface area contributed by atoms with Gasteiger partial charge in [-0.05, 0) is 24.5 Å². The highest BCUT2D eigenvalue weighted by Crippen LogP contribution is 2.17. The number of nitrogens with one attached hydrogen (secondary N) is 2. The molecule has 0 saturated heterocycles. The third kappa shape index (κ3) is 6.97. The van der Waals surface area contributed by atoms with E-state index >= 15 is 0 Å². The molecule has 0 radical (unpaired) electrons. The van der Waals surface area contributed by atoms with Crippen molar-refractivity contribution >= 4 is 22.0 Å². The standard InChI is InChI=1S/C17H24N2O3S/c20-17(19-16-9-5-2-6-10-16)11-13-18-23(21,22)14-12-15-7-3-1-4-8-15/h1,3-4,7-8,12,14,16,18H,2,5-6,9-11,13H2,(H,19,20)/b14-12+. The Balaban J connectivity index is 1.71. The number of rotatable bonds is 7. The van der Waals surface area contributed by atoms with E-state index in [1.165, 1.54) is 12.5 Å². The first-order chi connectivity index (χ1) is 11.1. The average Bonchev–Trinajstić information content (AvgIpc) is 2.55. The van der Waals surface area contributed by atoms with Crippen LogP contribution >= 0.6 is 0 Å². The monoisotopic (exact) mass is 336 g/mol. The Bertz CT molecular complexity index is 620. The molecule has 1 aromatic rings. The van der Waals surface area contributed by atoms with Gasteiger partial charge in [-0.1, -0.05) is 49.6 Å². The fourth-order valence-corrected chi connectivity index (χ4v) is 3.45. The molecule has 6 heteroatoms. The molecule has 0 aliphatic heterocycles. The highest BCUT2D eigenvalue weighted by Gasteiger charge is 2.15. The summed E-state index contributed by atoms with van der Waals surface area (Å²) in [5.41, 5.74) is 0.813. The number of sulfonamides is 1. The molecule has 0 aromatic heterocycles. The first kappa shape index (κ1) is 17.7. The van der Waals surface area contributed by atoms with Crippen molar-refractivity contribution in [1.29, 1.82) is 0 Å². The first-order valence-electron chi connectivity index (χ1n) is 8.07. The number of hydrogen-bond donors (Lipinski definition) is 2. The second kappa shape index (κ2) is 8.84. The second-order valence-electron chi connectivity index (χ2n) is 5.81. The number of carbonyl (C=O) groups is 1.